The van der Waals surface area contributed by atoms with E-state index in [1.54, 1.807) is 50.6 Å². The number of ether oxygens (including phenoxy) is 4. The molecule has 0 aliphatic carbocycles. The third kappa shape index (κ3) is 8.29. The van der Waals surface area contributed by atoms with Gasteiger partial charge in [-0.3, -0.25) is 10.2 Å². The molecule has 1 heterocycles. The number of methoxy groups -OCH3 is 2. The Balaban J connectivity index is 1.50. The summed E-state index contributed by atoms with van der Waals surface area (Å²) in [5.41, 5.74) is 7.50. The highest BCUT2D eigenvalue weighted by Crippen LogP contribution is 2.45. The Morgan fingerprint density at radius 1 is 0.979 bits per heavy atom. The van der Waals surface area contributed by atoms with Crippen LogP contribution in [0.4, 0.5) is 0 Å². The standard InChI is InChI=1S/C37H37Cl2N3O6/c1-45-32-18-11-26(22-33(32)46-2)24-40-42-36(44)37(19-6-10-25-8-4-3-5-9-25)34(30-17-14-28(38)23-31(30)39)48-35(41-37)27-12-15-29(16-13-27)47-21-7-20-43/h3-6,8-18,22-23,34,40,43H,7,19-21,24H2,1-2H3,(H,42,44)/b10-6+/t34-,37-/m0/s1. The van der Waals surface area contributed by atoms with Crippen molar-refractivity contribution in [3.8, 4) is 17.2 Å². The Morgan fingerprint density at radius 3 is 2.46 bits per heavy atom. The molecule has 0 fully saturated rings. The van der Waals surface area contributed by atoms with Gasteiger partial charge in [-0.05, 0) is 59.7 Å². The lowest BCUT2D eigenvalue weighted by molar-refractivity contribution is -0.129. The molecule has 4 aromatic rings. The van der Waals surface area contributed by atoms with Gasteiger partial charge in [0.05, 0.1) is 20.8 Å². The summed E-state index contributed by atoms with van der Waals surface area (Å²) < 4.78 is 23.0. The Morgan fingerprint density at radius 2 is 1.75 bits per heavy atom. The van der Waals surface area contributed by atoms with Crippen molar-refractivity contribution in [3.05, 3.63) is 129 Å². The lowest BCUT2D eigenvalue weighted by atomic mass is 9.84. The molecule has 0 saturated carbocycles. The van der Waals surface area contributed by atoms with Gasteiger partial charge in [-0.2, -0.15) is 0 Å². The van der Waals surface area contributed by atoms with E-state index in [2.05, 4.69) is 10.9 Å². The maximum atomic E-state index is 14.4. The van der Waals surface area contributed by atoms with Gasteiger partial charge in [-0.15, -0.1) is 0 Å². The monoisotopic (exact) mass is 689 g/mol. The van der Waals surface area contributed by atoms with Crippen molar-refractivity contribution in [1.82, 2.24) is 10.9 Å². The van der Waals surface area contributed by atoms with Crippen LogP contribution in [0.2, 0.25) is 10.0 Å². The number of benzene rings is 4. The third-order valence-corrected chi connectivity index (χ3v) is 8.32. The van der Waals surface area contributed by atoms with Crippen molar-refractivity contribution in [2.24, 2.45) is 4.99 Å². The Kier molecular flexibility index (Phi) is 12.0. The number of aliphatic hydroxyl groups is 1. The van der Waals surface area contributed by atoms with Gasteiger partial charge in [0.2, 0.25) is 5.90 Å². The van der Waals surface area contributed by atoms with Crippen LogP contribution in [-0.4, -0.2) is 49.9 Å². The number of rotatable bonds is 15. The van der Waals surface area contributed by atoms with Crippen molar-refractivity contribution in [1.29, 1.82) is 0 Å². The Labute approximate surface area is 290 Å². The maximum absolute atomic E-state index is 14.4. The molecule has 0 unspecified atom stereocenters. The topological polar surface area (TPSA) is 111 Å². The van der Waals surface area contributed by atoms with E-state index in [4.69, 9.17) is 52.2 Å². The summed E-state index contributed by atoms with van der Waals surface area (Å²) in [4.78, 5) is 19.4. The molecule has 1 aliphatic rings. The Bertz CT molecular complexity index is 1750. The van der Waals surface area contributed by atoms with Crippen LogP contribution < -0.4 is 25.1 Å². The highest BCUT2D eigenvalue weighted by Gasteiger charge is 2.53. The number of aliphatic imine (C=N–C) groups is 1. The van der Waals surface area contributed by atoms with E-state index in [-0.39, 0.29) is 18.9 Å². The summed E-state index contributed by atoms with van der Waals surface area (Å²) in [6.07, 6.45) is 3.66. The first-order valence-electron chi connectivity index (χ1n) is 15.4. The number of nitrogens with one attached hydrogen (secondary N) is 2. The van der Waals surface area contributed by atoms with E-state index in [9.17, 15) is 4.79 Å². The Hall–Kier alpha value is -4.54. The zero-order valence-electron chi connectivity index (χ0n) is 26.6. The van der Waals surface area contributed by atoms with Crippen molar-refractivity contribution in [2.75, 3.05) is 27.4 Å². The molecular formula is C37H37Cl2N3O6. The average molecular weight is 691 g/mol. The minimum absolute atomic E-state index is 0.0450. The second kappa shape index (κ2) is 16.5. The van der Waals surface area contributed by atoms with Crippen LogP contribution >= 0.6 is 23.2 Å². The molecule has 1 amide bonds. The predicted octanol–water partition coefficient (Wildman–Crippen LogP) is 6.95. The van der Waals surface area contributed by atoms with Gasteiger partial charge in [0.25, 0.3) is 5.91 Å². The number of hydrogen-bond donors (Lipinski definition) is 3. The second-order valence-corrected chi connectivity index (χ2v) is 11.8. The number of carbonyl (C=O) groups excluding carboxylic acids is 1. The van der Waals surface area contributed by atoms with Gasteiger partial charge in [0.1, 0.15) is 5.75 Å². The first-order valence-corrected chi connectivity index (χ1v) is 16.1. The lowest BCUT2D eigenvalue weighted by Crippen LogP contribution is -2.52. The summed E-state index contributed by atoms with van der Waals surface area (Å²) in [6, 6.07) is 27.6. The number of aliphatic hydroxyl groups excluding tert-OH is 1. The van der Waals surface area contributed by atoms with Crippen LogP contribution in [0.1, 0.15) is 41.2 Å². The molecule has 0 radical (unpaired) electrons. The number of amides is 1. The first-order chi connectivity index (χ1) is 23.4. The van der Waals surface area contributed by atoms with E-state index in [1.807, 2.05) is 66.7 Å². The molecule has 9 nitrogen and oxygen atoms in total. The fourth-order valence-electron chi connectivity index (χ4n) is 5.27. The van der Waals surface area contributed by atoms with Gasteiger partial charge < -0.3 is 24.1 Å². The smallest absolute Gasteiger partial charge is 0.266 e. The quantitative estimate of drug-likeness (QED) is 0.0915. The first kappa shape index (κ1) is 34.8. The van der Waals surface area contributed by atoms with Gasteiger partial charge in [0.15, 0.2) is 23.1 Å². The summed E-state index contributed by atoms with van der Waals surface area (Å²) in [7, 11) is 3.14. The highest BCUT2D eigenvalue weighted by atomic mass is 35.5. The third-order valence-electron chi connectivity index (χ3n) is 7.76. The van der Waals surface area contributed by atoms with E-state index < -0.39 is 17.6 Å². The van der Waals surface area contributed by atoms with E-state index in [1.165, 1.54) is 0 Å². The fraction of sp³-hybridized carbons (Fsp3) is 0.243. The average Bonchev–Trinajstić information content (AvgIpc) is 3.49. The SMILES string of the molecule is COc1ccc(CNNC(=O)[C@@]2(C/C=C/c3ccccc3)N=C(c3ccc(OCCCO)cc3)O[C@H]2c2ccc(Cl)cc2Cl)cc1OC. The van der Waals surface area contributed by atoms with Crippen molar-refractivity contribution < 1.29 is 28.8 Å². The van der Waals surface area contributed by atoms with Crippen molar-refractivity contribution >= 4 is 41.1 Å². The molecule has 1 aliphatic heterocycles. The zero-order valence-corrected chi connectivity index (χ0v) is 28.1. The summed E-state index contributed by atoms with van der Waals surface area (Å²) in [6.45, 7) is 0.727. The molecule has 48 heavy (non-hydrogen) atoms. The second-order valence-electron chi connectivity index (χ2n) is 11.0. The van der Waals surface area contributed by atoms with E-state index in [0.29, 0.717) is 58.0 Å². The molecule has 0 bridgehead atoms. The zero-order chi connectivity index (χ0) is 33.9. The van der Waals surface area contributed by atoms with Gasteiger partial charge in [-0.1, -0.05) is 77.8 Å². The molecule has 0 saturated heterocycles. The molecule has 5 rings (SSSR count). The molecule has 0 spiro atoms. The summed E-state index contributed by atoms with van der Waals surface area (Å²) >= 11 is 13.0. The molecule has 2 atom stereocenters. The molecule has 11 heteroatoms. The number of halogens is 2. The number of hydrazine groups is 1. The van der Waals surface area contributed by atoms with Crippen LogP contribution in [0.25, 0.3) is 6.08 Å². The fourth-order valence-corrected chi connectivity index (χ4v) is 5.78. The molecule has 4 aromatic carbocycles. The number of hydrogen-bond acceptors (Lipinski definition) is 8. The van der Waals surface area contributed by atoms with Gasteiger partial charge >= 0.3 is 0 Å². The van der Waals surface area contributed by atoms with E-state index in [0.717, 1.165) is 11.1 Å². The molecule has 250 valence electrons. The molecule has 0 aromatic heterocycles. The largest absolute Gasteiger partial charge is 0.494 e. The maximum Gasteiger partial charge on any atom is 0.266 e. The minimum Gasteiger partial charge on any atom is -0.494 e. The normalized spacial score (nSPS) is 17.1. The molecular weight excluding hydrogens is 653 g/mol. The minimum atomic E-state index is -1.47. The van der Waals surface area contributed by atoms with Crippen LogP contribution in [0.3, 0.4) is 0 Å². The number of carbonyl (C=O) groups is 1. The van der Waals surface area contributed by atoms with Crippen molar-refractivity contribution in [3.63, 3.8) is 0 Å². The van der Waals surface area contributed by atoms with Crippen molar-refractivity contribution in [2.45, 2.75) is 31.0 Å². The predicted molar refractivity (Wildman–Crippen MR) is 188 cm³/mol. The summed E-state index contributed by atoms with van der Waals surface area (Å²) in [5, 5.41) is 9.88. The summed E-state index contributed by atoms with van der Waals surface area (Å²) in [5.74, 6) is 1.67. The lowest BCUT2D eigenvalue weighted by Gasteiger charge is -2.30. The highest BCUT2D eigenvalue weighted by molar-refractivity contribution is 6.35. The molecule has 3 N–H and O–H groups in total. The number of nitrogens with zero attached hydrogens (tertiary/aromatic N) is 1. The van der Waals surface area contributed by atoms with Crippen LogP contribution in [0.5, 0.6) is 17.2 Å². The van der Waals surface area contributed by atoms with Crippen LogP contribution in [0.15, 0.2) is 102 Å². The van der Waals surface area contributed by atoms with Gasteiger partial charge in [-0.25, -0.2) is 10.4 Å². The van der Waals surface area contributed by atoms with Gasteiger partial charge in [0, 0.05) is 47.2 Å². The van der Waals surface area contributed by atoms with Crippen LogP contribution in [0, 0.1) is 0 Å². The van der Waals surface area contributed by atoms with Crippen LogP contribution in [-0.2, 0) is 16.1 Å². The van der Waals surface area contributed by atoms with E-state index >= 15 is 0 Å².